The van der Waals surface area contributed by atoms with Crippen LogP contribution in [0.5, 0.6) is 11.5 Å². The maximum Gasteiger partial charge on any atom is 0.231 e. The summed E-state index contributed by atoms with van der Waals surface area (Å²) in [5.74, 6) is 2.56. The van der Waals surface area contributed by atoms with Crippen molar-refractivity contribution >= 4 is 29.9 Å². The zero-order valence-electron chi connectivity index (χ0n) is 16.0. The van der Waals surface area contributed by atoms with Gasteiger partial charge in [0.15, 0.2) is 17.5 Å². The molecule has 1 saturated carbocycles. The van der Waals surface area contributed by atoms with E-state index in [9.17, 15) is 0 Å². The Morgan fingerprint density at radius 3 is 2.77 bits per heavy atom. The molecule has 0 aromatic heterocycles. The highest BCUT2D eigenvalue weighted by atomic mass is 127. The lowest BCUT2D eigenvalue weighted by atomic mass is 10.1. The molecule has 1 aliphatic heterocycles. The van der Waals surface area contributed by atoms with Crippen molar-refractivity contribution in [3.05, 3.63) is 23.8 Å². The Balaban J connectivity index is 0.00000243. The quantitative estimate of drug-likeness (QED) is 0.345. The fourth-order valence-corrected chi connectivity index (χ4v) is 2.96. The number of guanidine groups is 1. The lowest BCUT2D eigenvalue weighted by Crippen LogP contribution is -2.40. The van der Waals surface area contributed by atoms with Crippen molar-refractivity contribution in [1.82, 2.24) is 15.5 Å². The van der Waals surface area contributed by atoms with Gasteiger partial charge in [-0.15, -0.1) is 24.0 Å². The van der Waals surface area contributed by atoms with E-state index in [2.05, 4.69) is 48.6 Å². The molecule has 1 aromatic rings. The molecular formula is C19H31IN4O2. The van der Waals surface area contributed by atoms with Gasteiger partial charge < -0.3 is 20.1 Å². The van der Waals surface area contributed by atoms with Gasteiger partial charge in [-0.05, 0) is 57.9 Å². The van der Waals surface area contributed by atoms with Crippen molar-refractivity contribution < 1.29 is 9.47 Å². The summed E-state index contributed by atoms with van der Waals surface area (Å²) in [4.78, 5) is 7.19. The Hall–Kier alpha value is -1.22. The van der Waals surface area contributed by atoms with Gasteiger partial charge in [0.25, 0.3) is 0 Å². The highest BCUT2D eigenvalue weighted by Crippen LogP contribution is 2.32. The Bertz CT molecular complexity index is 607. The summed E-state index contributed by atoms with van der Waals surface area (Å²) >= 11 is 0. The molecule has 0 spiro atoms. The minimum Gasteiger partial charge on any atom is -0.454 e. The first-order chi connectivity index (χ1) is 12.2. The van der Waals surface area contributed by atoms with Crippen LogP contribution in [0.1, 0.15) is 32.3 Å². The summed E-state index contributed by atoms with van der Waals surface area (Å²) < 4.78 is 10.8. The molecule has 0 saturated heterocycles. The largest absolute Gasteiger partial charge is 0.454 e. The number of rotatable bonds is 8. The van der Waals surface area contributed by atoms with Crippen LogP contribution in [-0.2, 0) is 6.42 Å². The monoisotopic (exact) mass is 474 g/mol. The number of benzene rings is 1. The van der Waals surface area contributed by atoms with Crippen LogP contribution >= 0.6 is 24.0 Å². The average Bonchev–Trinajstić information content (AvgIpc) is 3.36. The van der Waals surface area contributed by atoms with Gasteiger partial charge in [0.05, 0.1) is 6.54 Å². The Morgan fingerprint density at radius 2 is 2.04 bits per heavy atom. The van der Waals surface area contributed by atoms with Crippen LogP contribution in [0.25, 0.3) is 0 Å². The van der Waals surface area contributed by atoms with Gasteiger partial charge in [0.1, 0.15) is 0 Å². The molecule has 2 aliphatic rings. The van der Waals surface area contributed by atoms with Gasteiger partial charge in [0.2, 0.25) is 6.79 Å². The number of likely N-dealkylation sites (N-methyl/N-ethyl adjacent to an activating group) is 1. The zero-order chi connectivity index (χ0) is 17.6. The van der Waals surface area contributed by atoms with Gasteiger partial charge in [0, 0.05) is 25.2 Å². The molecular weight excluding hydrogens is 443 g/mol. The third-order valence-electron chi connectivity index (χ3n) is 4.82. The molecule has 26 heavy (non-hydrogen) atoms. The Labute approximate surface area is 173 Å². The van der Waals surface area contributed by atoms with Crippen LogP contribution < -0.4 is 20.1 Å². The Kier molecular flexibility index (Phi) is 8.27. The standard InChI is InChI=1S/C19H30N4O2.HI/c1-4-20-19(22-12-14(2)23(3)16-6-7-16)21-10-9-15-5-8-17-18(11-15)25-13-24-17;/h5,8,11,14,16H,4,6-7,9-10,12-13H2,1-3H3,(H2,20,21,22);1H. The fourth-order valence-electron chi connectivity index (χ4n) is 2.96. The predicted octanol–water partition coefficient (Wildman–Crippen LogP) is 2.61. The normalized spacial score (nSPS) is 17.0. The number of nitrogens with zero attached hydrogens (tertiary/aromatic N) is 2. The van der Waals surface area contributed by atoms with Gasteiger partial charge >= 0.3 is 0 Å². The maximum absolute atomic E-state index is 5.43. The van der Waals surface area contributed by atoms with Gasteiger partial charge in [-0.2, -0.15) is 0 Å². The first kappa shape index (κ1) is 21.1. The molecule has 1 aliphatic carbocycles. The van der Waals surface area contributed by atoms with Crippen LogP contribution in [-0.4, -0.2) is 56.4 Å². The lowest BCUT2D eigenvalue weighted by Gasteiger charge is -2.23. The molecule has 1 atom stereocenters. The highest BCUT2D eigenvalue weighted by Gasteiger charge is 2.28. The zero-order valence-corrected chi connectivity index (χ0v) is 18.3. The third-order valence-corrected chi connectivity index (χ3v) is 4.82. The van der Waals surface area contributed by atoms with Crippen molar-refractivity contribution in [1.29, 1.82) is 0 Å². The topological polar surface area (TPSA) is 58.1 Å². The minimum absolute atomic E-state index is 0. The number of halogens is 1. The van der Waals surface area contributed by atoms with Crippen LogP contribution in [0.15, 0.2) is 23.2 Å². The van der Waals surface area contributed by atoms with E-state index in [-0.39, 0.29) is 24.0 Å². The van der Waals surface area contributed by atoms with Crippen LogP contribution in [0.4, 0.5) is 0 Å². The molecule has 1 unspecified atom stereocenters. The molecule has 0 radical (unpaired) electrons. The van der Waals surface area contributed by atoms with Crippen molar-refractivity contribution in [3.63, 3.8) is 0 Å². The van der Waals surface area contributed by atoms with E-state index in [1.54, 1.807) is 0 Å². The summed E-state index contributed by atoms with van der Waals surface area (Å²) in [6, 6.07) is 7.36. The van der Waals surface area contributed by atoms with Gasteiger partial charge in [-0.1, -0.05) is 6.07 Å². The second-order valence-corrected chi connectivity index (χ2v) is 6.83. The molecule has 7 heteroatoms. The van der Waals surface area contributed by atoms with Crippen molar-refractivity contribution in [2.75, 3.05) is 33.5 Å². The summed E-state index contributed by atoms with van der Waals surface area (Å²) in [6.45, 7) is 7.17. The molecule has 1 aromatic carbocycles. The van der Waals surface area contributed by atoms with E-state index in [1.165, 1.54) is 18.4 Å². The van der Waals surface area contributed by atoms with Crippen LogP contribution in [0.3, 0.4) is 0 Å². The van der Waals surface area contributed by atoms with Gasteiger partial charge in [-0.25, -0.2) is 0 Å². The van der Waals surface area contributed by atoms with E-state index in [1.807, 2.05) is 6.07 Å². The smallest absolute Gasteiger partial charge is 0.231 e. The molecule has 146 valence electrons. The number of hydrogen-bond donors (Lipinski definition) is 2. The van der Waals surface area contributed by atoms with Crippen molar-refractivity contribution in [2.24, 2.45) is 4.99 Å². The van der Waals surface area contributed by atoms with E-state index in [4.69, 9.17) is 14.5 Å². The molecule has 3 rings (SSSR count). The molecule has 1 fully saturated rings. The summed E-state index contributed by atoms with van der Waals surface area (Å²) in [7, 11) is 2.21. The van der Waals surface area contributed by atoms with Gasteiger partial charge in [-0.3, -0.25) is 9.89 Å². The third kappa shape index (κ3) is 5.90. The molecule has 0 bridgehead atoms. The number of fused-ring (bicyclic) bond motifs is 1. The van der Waals surface area contributed by atoms with Crippen molar-refractivity contribution in [3.8, 4) is 11.5 Å². The summed E-state index contributed by atoms with van der Waals surface area (Å²) in [6.07, 6.45) is 3.58. The average molecular weight is 474 g/mol. The fraction of sp³-hybridized carbons (Fsp3) is 0.632. The molecule has 6 nitrogen and oxygen atoms in total. The maximum atomic E-state index is 5.43. The second-order valence-electron chi connectivity index (χ2n) is 6.83. The van der Waals surface area contributed by atoms with Crippen LogP contribution in [0.2, 0.25) is 0 Å². The summed E-state index contributed by atoms with van der Waals surface area (Å²) in [5, 5.41) is 6.75. The Morgan fingerprint density at radius 1 is 1.27 bits per heavy atom. The molecule has 2 N–H and O–H groups in total. The van der Waals surface area contributed by atoms with E-state index < -0.39 is 0 Å². The number of ether oxygens (including phenoxy) is 2. The minimum atomic E-state index is 0. The van der Waals surface area contributed by atoms with Crippen LogP contribution in [0, 0.1) is 0 Å². The SMILES string of the molecule is CCNC(=NCC(C)N(C)C1CC1)NCCc1ccc2c(c1)OCO2.I. The summed E-state index contributed by atoms with van der Waals surface area (Å²) in [5.41, 5.74) is 1.23. The first-order valence-corrected chi connectivity index (χ1v) is 9.30. The van der Waals surface area contributed by atoms with E-state index >= 15 is 0 Å². The van der Waals surface area contributed by atoms with E-state index in [0.717, 1.165) is 49.6 Å². The number of hydrogen-bond acceptors (Lipinski definition) is 4. The van der Waals surface area contributed by atoms with Crippen molar-refractivity contribution in [2.45, 2.75) is 45.2 Å². The molecule has 1 heterocycles. The predicted molar refractivity (Wildman–Crippen MR) is 116 cm³/mol. The second kappa shape index (κ2) is 10.2. The number of nitrogens with one attached hydrogen (secondary N) is 2. The highest BCUT2D eigenvalue weighted by molar-refractivity contribution is 14.0. The molecule has 0 amide bonds. The number of aliphatic imine (C=N–C) groups is 1. The lowest BCUT2D eigenvalue weighted by molar-refractivity contribution is 0.174. The first-order valence-electron chi connectivity index (χ1n) is 9.30. The van der Waals surface area contributed by atoms with E-state index in [0.29, 0.717) is 12.8 Å².